The Morgan fingerprint density at radius 1 is 1.39 bits per heavy atom. The second kappa shape index (κ2) is 5.87. The first kappa shape index (κ1) is 12.9. The number of ether oxygens (including phenoxy) is 1. The predicted octanol–water partition coefficient (Wildman–Crippen LogP) is 1.62. The number of amides is 1. The monoisotopic (exact) mass is 248 g/mol. The highest BCUT2D eigenvalue weighted by Crippen LogP contribution is 2.19. The van der Waals surface area contributed by atoms with Gasteiger partial charge in [-0.25, -0.2) is 0 Å². The van der Waals surface area contributed by atoms with Gasteiger partial charge in [0.15, 0.2) is 0 Å². The van der Waals surface area contributed by atoms with Gasteiger partial charge >= 0.3 is 0 Å². The van der Waals surface area contributed by atoms with E-state index in [1.807, 2.05) is 31.2 Å². The van der Waals surface area contributed by atoms with Crippen LogP contribution in [0.25, 0.3) is 0 Å². The normalized spacial score (nSPS) is 16.1. The van der Waals surface area contributed by atoms with Crippen molar-refractivity contribution in [3.05, 3.63) is 29.8 Å². The van der Waals surface area contributed by atoms with Crippen LogP contribution in [0.15, 0.2) is 24.3 Å². The van der Waals surface area contributed by atoms with E-state index in [0.29, 0.717) is 12.6 Å². The van der Waals surface area contributed by atoms with E-state index in [0.717, 1.165) is 24.2 Å². The number of carbonyl (C=O) groups is 1. The third-order valence-corrected chi connectivity index (χ3v) is 3.13. The lowest BCUT2D eigenvalue weighted by Gasteiger charge is -2.14. The van der Waals surface area contributed by atoms with Crippen molar-refractivity contribution in [2.24, 2.45) is 0 Å². The van der Waals surface area contributed by atoms with Crippen molar-refractivity contribution in [2.75, 3.05) is 13.7 Å². The molecule has 1 aromatic carbocycles. The molecule has 1 fully saturated rings. The van der Waals surface area contributed by atoms with Crippen molar-refractivity contribution in [3.8, 4) is 5.75 Å². The van der Waals surface area contributed by atoms with Gasteiger partial charge in [0.25, 0.3) is 0 Å². The van der Waals surface area contributed by atoms with Crippen molar-refractivity contribution < 1.29 is 9.53 Å². The minimum atomic E-state index is 0.0814. The smallest absolute Gasteiger partial charge is 0.234 e. The molecule has 98 valence electrons. The molecular formula is C14H20N2O2. The predicted molar refractivity (Wildman–Crippen MR) is 70.6 cm³/mol. The molecule has 1 aromatic rings. The molecule has 4 heteroatoms. The van der Waals surface area contributed by atoms with Crippen LogP contribution in [0.4, 0.5) is 0 Å². The van der Waals surface area contributed by atoms with E-state index in [4.69, 9.17) is 4.74 Å². The molecule has 0 aromatic heterocycles. The summed E-state index contributed by atoms with van der Waals surface area (Å²) in [6, 6.07) is 8.46. The molecule has 2 N–H and O–H groups in total. The number of nitrogens with one attached hydrogen (secondary N) is 2. The Bertz CT molecular complexity index is 399. The molecule has 0 heterocycles. The van der Waals surface area contributed by atoms with E-state index in [9.17, 15) is 4.79 Å². The molecule has 1 aliphatic carbocycles. The van der Waals surface area contributed by atoms with Crippen LogP contribution in [0.5, 0.6) is 5.75 Å². The molecule has 0 bridgehead atoms. The Morgan fingerprint density at radius 2 is 2.06 bits per heavy atom. The molecule has 1 atom stereocenters. The van der Waals surface area contributed by atoms with Gasteiger partial charge in [0.2, 0.25) is 5.91 Å². The zero-order valence-electron chi connectivity index (χ0n) is 10.9. The average Bonchev–Trinajstić information content (AvgIpc) is 3.20. The average molecular weight is 248 g/mol. The number of methoxy groups -OCH3 is 1. The first-order valence-electron chi connectivity index (χ1n) is 6.35. The molecule has 18 heavy (non-hydrogen) atoms. The number of benzene rings is 1. The van der Waals surface area contributed by atoms with Gasteiger partial charge in [-0.05, 0) is 37.5 Å². The van der Waals surface area contributed by atoms with Crippen molar-refractivity contribution in [1.82, 2.24) is 10.6 Å². The summed E-state index contributed by atoms with van der Waals surface area (Å²) in [5, 5.41) is 6.17. The van der Waals surface area contributed by atoms with Gasteiger partial charge < -0.3 is 15.4 Å². The second-order valence-corrected chi connectivity index (χ2v) is 4.72. The van der Waals surface area contributed by atoms with Crippen LogP contribution in [0.1, 0.15) is 31.4 Å². The van der Waals surface area contributed by atoms with Crippen LogP contribution < -0.4 is 15.4 Å². The summed E-state index contributed by atoms with van der Waals surface area (Å²) in [4.78, 5) is 11.5. The SMILES string of the molecule is COc1ccc([C@H](C)NCC(=O)NC2CC2)cc1. The molecule has 0 aliphatic heterocycles. The molecule has 1 saturated carbocycles. The van der Waals surface area contributed by atoms with Gasteiger partial charge in [0.05, 0.1) is 13.7 Å². The Kier molecular flexibility index (Phi) is 4.20. The van der Waals surface area contributed by atoms with Gasteiger partial charge in [-0.15, -0.1) is 0 Å². The van der Waals surface area contributed by atoms with Crippen molar-refractivity contribution in [3.63, 3.8) is 0 Å². The van der Waals surface area contributed by atoms with Gasteiger partial charge in [0, 0.05) is 12.1 Å². The van der Waals surface area contributed by atoms with Crippen LogP contribution in [-0.2, 0) is 4.79 Å². The van der Waals surface area contributed by atoms with Crippen LogP contribution in [-0.4, -0.2) is 25.6 Å². The maximum absolute atomic E-state index is 11.5. The lowest BCUT2D eigenvalue weighted by Crippen LogP contribution is -2.36. The molecule has 4 nitrogen and oxygen atoms in total. The summed E-state index contributed by atoms with van der Waals surface area (Å²) < 4.78 is 5.11. The van der Waals surface area contributed by atoms with Crippen molar-refractivity contribution in [1.29, 1.82) is 0 Å². The van der Waals surface area contributed by atoms with Crippen LogP contribution in [0, 0.1) is 0 Å². The molecule has 0 saturated heterocycles. The summed E-state index contributed by atoms with van der Waals surface area (Å²) in [6.45, 7) is 2.41. The Morgan fingerprint density at radius 3 is 2.61 bits per heavy atom. The zero-order valence-corrected chi connectivity index (χ0v) is 10.9. The lowest BCUT2D eigenvalue weighted by molar-refractivity contribution is -0.120. The third-order valence-electron chi connectivity index (χ3n) is 3.13. The first-order chi connectivity index (χ1) is 8.69. The fourth-order valence-electron chi connectivity index (χ4n) is 1.76. The van der Waals surface area contributed by atoms with Crippen LogP contribution >= 0.6 is 0 Å². The summed E-state index contributed by atoms with van der Waals surface area (Å²) in [5.74, 6) is 0.926. The maximum atomic E-state index is 11.5. The van der Waals surface area contributed by atoms with Gasteiger partial charge in [-0.1, -0.05) is 12.1 Å². The second-order valence-electron chi connectivity index (χ2n) is 4.72. The van der Waals surface area contributed by atoms with Gasteiger partial charge in [-0.2, -0.15) is 0 Å². The molecule has 1 amide bonds. The lowest BCUT2D eigenvalue weighted by atomic mass is 10.1. The third kappa shape index (κ3) is 3.74. The molecular weight excluding hydrogens is 228 g/mol. The summed E-state index contributed by atoms with van der Waals surface area (Å²) in [5.41, 5.74) is 1.15. The van der Waals surface area contributed by atoms with E-state index in [-0.39, 0.29) is 11.9 Å². The Labute approximate surface area is 108 Å². The summed E-state index contributed by atoms with van der Waals surface area (Å²) in [7, 11) is 1.65. The van der Waals surface area contributed by atoms with Gasteiger partial charge in [0.1, 0.15) is 5.75 Å². The molecule has 0 radical (unpaired) electrons. The van der Waals surface area contributed by atoms with E-state index < -0.39 is 0 Å². The standard InChI is InChI=1S/C14H20N2O2/c1-10(11-3-7-13(18-2)8-4-11)15-9-14(17)16-12-5-6-12/h3-4,7-8,10,12,15H,5-6,9H2,1-2H3,(H,16,17)/t10-/m0/s1. The highest BCUT2D eigenvalue weighted by molar-refractivity contribution is 5.78. The fourth-order valence-corrected chi connectivity index (χ4v) is 1.76. The van der Waals surface area contributed by atoms with Crippen molar-refractivity contribution >= 4 is 5.91 Å². The largest absolute Gasteiger partial charge is 0.497 e. The van der Waals surface area contributed by atoms with E-state index in [1.165, 1.54) is 0 Å². The molecule has 1 aliphatic rings. The number of hydrogen-bond donors (Lipinski definition) is 2. The van der Waals surface area contributed by atoms with E-state index in [2.05, 4.69) is 10.6 Å². The number of rotatable bonds is 6. The van der Waals surface area contributed by atoms with Crippen LogP contribution in [0.2, 0.25) is 0 Å². The van der Waals surface area contributed by atoms with Crippen molar-refractivity contribution in [2.45, 2.75) is 31.8 Å². The molecule has 0 spiro atoms. The molecule has 0 unspecified atom stereocenters. The Balaban J connectivity index is 1.78. The molecule has 2 rings (SSSR count). The topological polar surface area (TPSA) is 50.4 Å². The van der Waals surface area contributed by atoms with Gasteiger partial charge in [-0.3, -0.25) is 4.79 Å². The van der Waals surface area contributed by atoms with E-state index >= 15 is 0 Å². The minimum absolute atomic E-state index is 0.0814. The number of carbonyl (C=O) groups excluding carboxylic acids is 1. The summed E-state index contributed by atoms with van der Waals surface area (Å²) >= 11 is 0. The quantitative estimate of drug-likeness (QED) is 0.804. The summed E-state index contributed by atoms with van der Waals surface area (Å²) in [6.07, 6.45) is 2.25. The minimum Gasteiger partial charge on any atom is -0.497 e. The maximum Gasteiger partial charge on any atom is 0.234 e. The fraction of sp³-hybridized carbons (Fsp3) is 0.500. The zero-order chi connectivity index (χ0) is 13.0. The first-order valence-corrected chi connectivity index (χ1v) is 6.35. The Hall–Kier alpha value is -1.55. The number of hydrogen-bond acceptors (Lipinski definition) is 3. The highest BCUT2D eigenvalue weighted by atomic mass is 16.5. The highest BCUT2D eigenvalue weighted by Gasteiger charge is 2.23. The van der Waals surface area contributed by atoms with Crippen LogP contribution in [0.3, 0.4) is 0 Å². The van der Waals surface area contributed by atoms with E-state index in [1.54, 1.807) is 7.11 Å².